The number of nitrogens with two attached hydrogens (primary N) is 1. The van der Waals surface area contributed by atoms with E-state index in [1.165, 1.54) is 0 Å². The number of hydrogen-bond donors (Lipinski definition) is 1. The molecule has 2 N–H and O–H groups in total. The third-order valence-corrected chi connectivity index (χ3v) is 4.51. The van der Waals surface area contributed by atoms with Crippen LogP contribution in [0, 0.1) is 0 Å². The van der Waals surface area contributed by atoms with Crippen molar-refractivity contribution in [1.29, 1.82) is 0 Å². The number of aromatic nitrogens is 1. The largest absolute Gasteiger partial charge is 0.457 e. The highest BCUT2D eigenvalue weighted by Gasteiger charge is 2.21. The van der Waals surface area contributed by atoms with Crippen LogP contribution in [0.25, 0.3) is 10.9 Å². The molecule has 6 heteroatoms. The molecule has 0 amide bonds. The number of allylic oxidation sites excluding steroid dienone is 2. The molecule has 0 bridgehead atoms. The van der Waals surface area contributed by atoms with Gasteiger partial charge >= 0.3 is 0 Å². The zero-order chi connectivity index (χ0) is 19.8. The lowest BCUT2D eigenvalue weighted by Crippen LogP contribution is -2.23. The number of carbonyl (C=O) groups is 1. The SMILES string of the molecule is CC=C(CC)Oc1c(OC=O)c(=O)n(CCCCCC)c2cc(N)ccc12. The molecule has 6 nitrogen and oxygen atoms in total. The summed E-state index contributed by atoms with van der Waals surface area (Å²) < 4.78 is 12.6. The number of pyridine rings is 1. The molecule has 0 radical (unpaired) electrons. The summed E-state index contributed by atoms with van der Waals surface area (Å²) in [6, 6.07) is 5.30. The number of nitrogen functional groups attached to an aromatic ring is 1. The normalized spacial score (nSPS) is 11.6. The Morgan fingerprint density at radius 1 is 1.19 bits per heavy atom. The van der Waals surface area contributed by atoms with Gasteiger partial charge in [-0.25, -0.2) is 0 Å². The molecule has 0 aliphatic carbocycles. The number of hydrogen-bond acceptors (Lipinski definition) is 5. The van der Waals surface area contributed by atoms with Crippen molar-refractivity contribution in [3.8, 4) is 11.5 Å². The van der Waals surface area contributed by atoms with Crippen LogP contribution in [0.1, 0.15) is 52.9 Å². The van der Waals surface area contributed by atoms with Gasteiger partial charge in [0.05, 0.1) is 11.3 Å². The highest BCUT2D eigenvalue weighted by atomic mass is 16.5. The van der Waals surface area contributed by atoms with Gasteiger partial charge < -0.3 is 19.8 Å². The number of fused-ring (bicyclic) bond motifs is 1. The number of rotatable bonds is 10. The minimum atomic E-state index is -0.391. The molecule has 0 spiro atoms. The summed E-state index contributed by atoms with van der Waals surface area (Å²) in [5, 5.41) is 0.684. The molecule has 0 saturated heterocycles. The fraction of sp³-hybridized carbons (Fsp3) is 0.429. The van der Waals surface area contributed by atoms with Crippen molar-refractivity contribution >= 4 is 23.1 Å². The Bertz CT molecular complexity index is 884. The van der Waals surface area contributed by atoms with Crippen LogP contribution in [-0.4, -0.2) is 11.0 Å². The molecule has 0 aliphatic heterocycles. The van der Waals surface area contributed by atoms with Gasteiger partial charge in [-0.3, -0.25) is 9.59 Å². The van der Waals surface area contributed by atoms with Crippen LogP contribution in [0.3, 0.4) is 0 Å². The molecule has 1 aromatic heterocycles. The Balaban J connectivity index is 2.68. The van der Waals surface area contributed by atoms with E-state index in [0.29, 0.717) is 35.3 Å². The summed E-state index contributed by atoms with van der Waals surface area (Å²) in [7, 11) is 0. The van der Waals surface area contributed by atoms with Gasteiger partial charge in [0.1, 0.15) is 0 Å². The highest BCUT2D eigenvalue weighted by molar-refractivity contribution is 5.90. The molecular weight excluding hydrogens is 344 g/mol. The number of anilines is 1. The maximum atomic E-state index is 13.1. The third kappa shape index (κ3) is 4.70. The Morgan fingerprint density at radius 2 is 1.96 bits per heavy atom. The van der Waals surface area contributed by atoms with Crippen LogP contribution in [0.2, 0.25) is 0 Å². The van der Waals surface area contributed by atoms with Crippen LogP contribution < -0.4 is 20.8 Å². The topological polar surface area (TPSA) is 83.5 Å². The lowest BCUT2D eigenvalue weighted by atomic mass is 10.1. The third-order valence-electron chi connectivity index (χ3n) is 4.51. The second-order valence-corrected chi connectivity index (χ2v) is 6.38. The summed E-state index contributed by atoms with van der Waals surface area (Å²) in [5.41, 5.74) is 6.81. The Hall–Kier alpha value is -2.76. The lowest BCUT2D eigenvalue weighted by molar-refractivity contribution is -0.120. The zero-order valence-electron chi connectivity index (χ0n) is 16.3. The summed E-state index contributed by atoms with van der Waals surface area (Å²) >= 11 is 0. The van der Waals surface area contributed by atoms with E-state index in [-0.39, 0.29) is 18.0 Å². The van der Waals surface area contributed by atoms with E-state index in [2.05, 4.69) is 6.92 Å². The van der Waals surface area contributed by atoms with Crippen molar-refractivity contribution in [3.05, 3.63) is 40.4 Å². The van der Waals surface area contributed by atoms with Gasteiger partial charge in [0.25, 0.3) is 12.0 Å². The van der Waals surface area contributed by atoms with Crippen molar-refractivity contribution < 1.29 is 14.3 Å². The number of carbonyl (C=O) groups excluding carboxylic acids is 1. The predicted molar refractivity (Wildman–Crippen MR) is 108 cm³/mol. The maximum absolute atomic E-state index is 13.1. The van der Waals surface area contributed by atoms with Gasteiger partial charge in [-0.2, -0.15) is 0 Å². The quantitative estimate of drug-likeness (QED) is 0.289. The van der Waals surface area contributed by atoms with Crippen molar-refractivity contribution in [2.45, 2.75) is 59.4 Å². The van der Waals surface area contributed by atoms with Crippen LogP contribution in [0.4, 0.5) is 5.69 Å². The molecule has 0 saturated carbocycles. The molecular formula is C21H28N2O4. The summed E-state index contributed by atoms with van der Waals surface area (Å²) in [4.78, 5) is 24.1. The highest BCUT2D eigenvalue weighted by Crippen LogP contribution is 2.35. The smallest absolute Gasteiger partial charge is 0.298 e. The molecule has 2 rings (SSSR count). The average molecular weight is 372 g/mol. The lowest BCUT2D eigenvalue weighted by Gasteiger charge is -2.18. The van der Waals surface area contributed by atoms with E-state index >= 15 is 0 Å². The summed E-state index contributed by atoms with van der Waals surface area (Å²) in [6.07, 6.45) is 6.56. The summed E-state index contributed by atoms with van der Waals surface area (Å²) in [6.45, 7) is 6.73. The van der Waals surface area contributed by atoms with E-state index in [0.717, 1.165) is 25.7 Å². The fourth-order valence-electron chi connectivity index (χ4n) is 3.05. The molecule has 146 valence electrons. The van der Waals surface area contributed by atoms with Crippen molar-refractivity contribution in [3.63, 3.8) is 0 Å². The number of aryl methyl sites for hydroxylation is 1. The van der Waals surface area contributed by atoms with E-state index in [4.69, 9.17) is 15.2 Å². The molecule has 1 aromatic carbocycles. The minimum absolute atomic E-state index is 0.0921. The minimum Gasteiger partial charge on any atom is -0.457 e. The van der Waals surface area contributed by atoms with Gasteiger partial charge in [0.2, 0.25) is 5.75 Å². The first-order valence-electron chi connectivity index (χ1n) is 9.46. The number of benzene rings is 1. The average Bonchev–Trinajstić information content (AvgIpc) is 2.67. The molecule has 0 aliphatic rings. The predicted octanol–water partition coefficient (Wildman–Crippen LogP) is 4.39. The maximum Gasteiger partial charge on any atom is 0.298 e. The molecule has 0 unspecified atom stereocenters. The molecule has 2 aromatic rings. The fourth-order valence-corrected chi connectivity index (χ4v) is 3.05. The van der Waals surface area contributed by atoms with Crippen molar-refractivity contribution in [1.82, 2.24) is 4.57 Å². The van der Waals surface area contributed by atoms with Gasteiger partial charge in [-0.05, 0) is 37.6 Å². The van der Waals surface area contributed by atoms with Gasteiger partial charge in [-0.15, -0.1) is 0 Å². The van der Waals surface area contributed by atoms with Crippen molar-refractivity contribution in [2.24, 2.45) is 0 Å². The second-order valence-electron chi connectivity index (χ2n) is 6.38. The summed E-state index contributed by atoms with van der Waals surface area (Å²) in [5.74, 6) is 0.844. The van der Waals surface area contributed by atoms with E-state index in [1.807, 2.05) is 19.9 Å². The van der Waals surface area contributed by atoms with Crippen LogP contribution in [0.5, 0.6) is 11.5 Å². The Labute approximate surface area is 159 Å². The van der Waals surface area contributed by atoms with Crippen LogP contribution in [-0.2, 0) is 11.3 Å². The molecule has 0 fully saturated rings. The molecule has 1 heterocycles. The molecule has 27 heavy (non-hydrogen) atoms. The first-order valence-corrected chi connectivity index (χ1v) is 9.46. The first-order chi connectivity index (χ1) is 13.1. The van der Waals surface area contributed by atoms with Crippen molar-refractivity contribution in [2.75, 3.05) is 5.73 Å². The zero-order valence-corrected chi connectivity index (χ0v) is 16.3. The van der Waals surface area contributed by atoms with Gasteiger partial charge in [-0.1, -0.05) is 33.1 Å². The van der Waals surface area contributed by atoms with Crippen LogP contribution >= 0.6 is 0 Å². The van der Waals surface area contributed by atoms with E-state index in [1.54, 1.807) is 22.8 Å². The Morgan fingerprint density at radius 3 is 2.59 bits per heavy atom. The van der Waals surface area contributed by atoms with E-state index in [9.17, 15) is 9.59 Å². The number of ether oxygens (including phenoxy) is 2. The molecule has 0 atom stereocenters. The first kappa shape index (κ1) is 20.6. The van der Waals surface area contributed by atoms with Gasteiger partial charge in [0.15, 0.2) is 5.75 Å². The van der Waals surface area contributed by atoms with Gasteiger partial charge in [0, 0.05) is 24.0 Å². The standard InChI is InChI=1S/C21H28N2O4/c1-4-7-8-9-12-23-18-13-15(22)10-11-17(18)19(27-16(5-2)6-3)20(21(23)25)26-14-24/h5,10-11,13-14H,4,6-9,12,22H2,1-3H3. The second kappa shape index (κ2) is 9.80. The number of nitrogens with zero attached hydrogens (tertiary/aromatic N) is 1. The monoisotopic (exact) mass is 372 g/mol. The van der Waals surface area contributed by atoms with Crippen LogP contribution in [0.15, 0.2) is 34.8 Å². The Kier molecular flexibility index (Phi) is 7.46. The van der Waals surface area contributed by atoms with E-state index < -0.39 is 5.56 Å². The number of unbranched alkanes of at least 4 members (excludes halogenated alkanes) is 3.